The van der Waals surface area contributed by atoms with Gasteiger partial charge < -0.3 is 10.4 Å². The van der Waals surface area contributed by atoms with Crippen molar-refractivity contribution in [2.24, 2.45) is 5.92 Å². The quantitative estimate of drug-likeness (QED) is 0.891. The number of aromatic hydroxyl groups is 1. The molecule has 0 amide bonds. The summed E-state index contributed by atoms with van der Waals surface area (Å²) in [5, 5.41) is 22.7. The number of halogens is 1. The van der Waals surface area contributed by atoms with Crippen LogP contribution < -0.4 is 5.32 Å². The Kier molecular flexibility index (Phi) is 4.09. The van der Waals surface area contributed by atoms with Crippen LogP contribution in [0.2, 0.25) is 0 Å². The lowest BCUT2D eigenvalue weighted by Gasteiger charge is -2.35. The van der Waals surface area contributed by atoms with Crippen molar-refractivity contribution in [1.29, 1.82) is 5.26 Å². The molecule has 1 heterocycles. The van der Waals surface area contributed by atoms with E-state index in [0.717, 1.165) is 32.6 Å². The Balaban J connectivity index is 1.93. The molecule has 2 N–H and O–H groups in total. The number of rotatable bonds is 4. The highest BCUT2D eigenvalue weighted by Crippen LogP contribution is 2.43. The number of phenols is 1. The van der Waals surface area contributed by atoms with Gasteiger partial charge in [-0.15, -0.1) is 0 Å². The fraction of sp³-hybridized carbons (Fsp3) is 0.562. The van der Waals surface area contributed by atoms with Gasteiger partial charge in [-0.3, -0.25) is 4.90 Å². The summed E-state index contributed by atoms with van der Waals surface area (Å²) in [6, 6.07) is 4.79. The minimum absolute atomic E-state index is 0.0762. The van der Waals surface area contributed by atoms with E-state index in [-0.39, 0.29) is 17.4 Å². The van der Waals surface area contributed by atoms with Gasteiger partial charge in [0.2, 0.25) is 0 Å². The van der Waals surface area contributed by atoms with Crippen LogP contribution in [0.5, 0.6) is 5.75 Å². The minimum atomic E-state index is -0.649. The molecule has 1 aromatic rings. The van der Waals surface area contributed by atoms with Crippen molar-refractivity contribution in [3.8, 4) is 11.8 Å². The van der Waals surface area contributed by atoms with Crippen LogP contribution in [0.15, 0.2) is 12.1 Å². The first kappa shape index (κ1) is 14.3. The molecule has 0 bridgehead atoms. The summed E-state index contributed by atoms with van der Waals surface area (Å²) in [4.78, 5) is 2.34. The van der Waals surface area contributed by atoms with Gasteiger partial charge in [0.15, 0.2) is 0 Å². The van der Waals surface area contributed by atoms with Gasteiger partial charge in [-0.1, -0.05) is 18.9 Å². The standard InChI is InChI=1S/C16H20FN3O/c17-14-4-3-12(16(21)13(14)10-18)15(9-11-1-2-11)20-7-5-19-6-8-20/h3-4,11,15,19,21H,1-2,5-9H2/t15-/m1/s1. The van der Waals surface area contributed by atoms with E-state index in [1.165, 1.54) is 18.9 Å². The summed E-state index contributed by atoms with van der Waals surface area (Å²) in [6.07, 6.45) is 3.44. The van der Waals surface area contributed by atoms with Gasteiger partial charge in [-0.2, -0.15) is 5.26 Å². The second-order valence-electron chi connectivity index (χ2n) is 5.95. The number of benzene rings is 1. The van der Waals surface area contributed by atoms with Crippen molar-refractivity contribution >= 4 is 0 Å². The molecule has 112 valence electrons. The molecule has 0 aromatic heterocycles. The van der Waals surface area contributed by atoms with Gasteiger partial charge in [0.05, 0.1) is 0 Å². The van der Waals surface area contributed by atoms with Gasteiger partial charge in [0.25, 0.3) is 0 Å². The molecule has 0 unspecified atom stereocenters. The number of nitrogens with zero attached hydrogens (tertiary/aromatic N) is 2. The van der Waals surface area contributed by atoms with Crippen molar-refractivity contribution in [3.63, 3.8) is 0 Å². The minimum Gasteiger partial charge on any atom is -0.506 e. The van der Waals surface area contributed by atoms with Crippen LogP contribution in [0.4, 0.5) is 4.39 Å². The number of phenolic OH excluding ortho intramolecular Hbond substituents is 1. The fourth-order valence-electron chi connectivity index (χ4n) is 3.09. The third-order valence-corrected chi connectivity index (χ3v) is 4.47. The normalized spacial score (nSPS) is 21.0. The highest BCUT2D eigenvalue weighted by atomic mass is 19.1. The largest absolute Gasteiger partial charge is 0.506 e. The Morgan fingerprint density at radius 3 is 2.71 bits per heavy atom. The maximum Gasteiger partial charge on any atom is 0.144 e. The molecule has 1 aliphatic heterocycles. The van der Waals surface area contributed by atoms with Gasteiger partial charge in [-0.25, -0.2) is 4.39 Å². The first-order valence-corrected chi connectivity index (χ1v) is 7.57. The molecular weight excluding hydrogens is 269 g/mol. The summed E-state index contributed by atoms with van der Waals surface area (Å²) >= 11 is 0. The average Bonchev–Trinajstić information content (AvgIpc) is 3.31. The van der Waals surface area contributed by atoms with E-state index in [9.17, 15) is 9.50 Å². The summed E-state index contributed by atoms with van der Waals surface area (Å²) < 4.78 is 13.6. The Hall–Kier alpha value is -1.64. The molecule has 1 aliphatic carbocycles. The highest BCUT2D eigenvalue weighted by molar-refractivity contribution is 5.49. The van der Waals surface area contributed by atoms with E-state index >= 15 is 0 Å². The van der Waals surface area contributed by atoms with Gasteiger partial charge in [0, 0.05) is 37.8 Å². The predicted octanol–water partition coefficient (Wildman–Crippen LogP) is 2.15. The van der Waals surface area contributed by atoms with E-state index in [2.05, 4.69) is 10.2 Å². The predicted molar refractivity (Wildman–Crippen MR) is 77.3 cm³/mol. The molecular formula is C16H20FN3O. The van der Waals surface area contributed by atoms with Gasteiger partial charge >= 0.3 is 0 Å². The van der Waals surface area contributed by atoms with Crippen LogP contribution in [-0.4, -0.2) is 36.2 Å². The van der Waals surface area contributed by atoms with Crippen LogP contribution in [0.3, 0.4) is 0 Å². The molecule has 0 radical (unpaired) electrons. The van der Waals surface area contributed by atoms with Crippen molar-refractivity contribution in [1.82, 2.24) is 10.2 Å². The third kappa shape index (κ3) is 3.02. The van der Waals surface area contributed by atoms with Crippen LogP contribution >= 0.6 is 0 Å². The molecule has 1 saturated carbocycles. The van der Waals surface area contributed by atoms with E-state index < -0.39 is 5.82 Å². The van der Waals surface area contributed by atoms with E-state index in [1.807, 2.05) is 0 Å². The molecule has 1 saturated heterocycles. The summed E-state index contributed by atoms with van der Waals surface area (Å²) in [6.45, 7) is 3.68. The molecule has 4 nitrogen and oxygen atoms in total. The molecule has 2 aliphatic rings. The first-order valence-electron chi connectivity index (χ1n) is 7.57. The first-order chi connectivity index (χ1) is 10.2. The van der Waals surface area contributed by atoms with E-state index in [0.29, 0.717) is 11.5 Å². The Morgan fingerprint density at radius 1 is 1.38 bits per heavy atom. The lowest BCUT2D eigenvalue weighted by atomic mass is 9.95. The molecule has 1 aromatic carbocycles. The molecule has 3 rings (SSSR count). The lowest BCUT2D eigenvalue weighted by molar-refractivity contribution is 0.158. The summed E-state index contributed by atoms with van der Waals surface area (Å²) in [5.41, 5.74) is 0.463. The Labute approximate surface area is 124 Å². The van der Waals surface area contributed by atoms with Crippen LogP contribution in [0.25, 0.3) is 0 Å². The maximum atomic E-state index is 13.6. The van der Waals surface area contributed by atoms with Crippen LogP contribution in [0.1, 0.15) is 36.4 Å². The van der Waals surface area contributed by atoms with Crippen molar-refractivity contribution in [3.05, 3.63) is 29.1 Å². The number of nitrogens with one attached hydrogen (secondary N) is 1. The molecule has 21 heavy (non-hydrogen) atoms. The zero-order valence-corrected chi connectivity index (χ0v) is 12.0. The highest BCUT2D eigenvalue weighted by Gasteiger charge is 2.32. The number of hydrogen-bond acceptors (Lipinski definition) is 4. The zero-order valence-electron chi connectivity index (χ0n) is 12.0. The van der Waals surface area contributed by atoms with Crippen LogP contribution in [0, 0.1) is 23.1 Å². The molecule has 2 fully saturated rings. The third-order valence-electron chi connectivity index (χ3n) is 4.47. The second kappa shape index (κ2) is 6.00. The number of nitriles is 1. The lowest BCUT2D eigenvalue weighted by Crippen LogP contribution is -2.45. The Bertz CT molecular complexity index is 559. The van der Waals surface area contributed by atoms with Crippen molar-refractivity contribution < 1.29 is 9.50 Å². The molecule has 0 spiro atoms. The smallest absolute Gasteiger partial charge is 0.144 e. The topological polar surface area (TPSA) is 59.3 Å². The molecule has 1 atom stereocenters. The fourth-order valence-corrected chi connectivity index (χ4v) is 3.09. The van der Waals surface area contributed by atoms with Crippen molar-refractivity contribution in [2.75, 3.05) is 26.2 Å². The number of hydrogen-bond donors (Lipinski definition) is 2. The van der Waals surface area contributed by atoms with Gasteiger partial charge in [0.1, 0.15) is 23.2 Å². The number of piperazine rings is 1. The summed E-state index contributed by atoms with van der Waals surface area (Å²) in [7, 11) is 0. The Morgan fingerprint density at radius 2 is 2.10 bits per heavy atom. The van der Waals surface area contributed by atoms with E-state index in [4.69, 9.17) is 5.26 Å². The summed E-state index contributed by atoms with van der Waals surface area (Å²) in [5.74, 6) is -0.134. The molecule has 5 heteroatoms. The van der Waals surface area contributed by atoms with Gasteiger partial charge in [-0.05, 0) is 18.4 Å². The van der Waals surface area contributed by atoms with Crippen LogP contribution in [-0.2, 0) is 0 Å². The SMILES string of the molecule is N#Cc1c(F)ccc([C@@H](CC2CC2)N2CCNCC2)c1O. The van der Waals surface area contributed by atoms with E-state index in [1.54, 1.807) is 12.1 Å². The average molecular weight is 289 g/mol. The van der Waals surface area contributed by atoms with Crippen molar-refractivity contribution in [2.45, 2.75) is 25.3 Å². The monoisotopic (exact) mass is 289 g/mol. The maximum absolute atomic E-state index is 13.6. The second-order valence-corrected chi connectivity index (χ2v) is 5.95. The zero-order chi connectivity index (χ0) is 14.8.